The second-order valence-corrected chi connectivity index (χ2v) is 5.10. The molecule has 0 radical (unpaired) electrons. The van der Waals surface area contributed by atoms with E-state index in [2.05, 4.69) is 14.8 Å². The molecule has 0 bridgehead atoms. The fourth-order valence-corrected chi connectivity index (χ4v) is 2.38. The number of nitrogens with two attached hydrogens (primary N) is 1. The molecule has 10 nitrogen and oxygen atoms in total. The first-order chi connectivity index (χ1) is 10.2. The van der Waals surface area contributed by atoms with E-state index in [1.807, 2.05) is 0 Å². The van der Waals surface area contributed by atoms with Gasteiger partial charge in [-0.1, -0.05) is 0 Å². The molecule has 4 N–H and O–H groups in total. The standard InChI is InChI=1S/C11H16N2O8S/c1-20-10(18)7(3-6(14)9(16)17)22-4-5(8(12)15)13-11(19)21-2/h5,7H,3-4H2,1-2H3,(H2,12,15)(H,13,19)(H,16,17)/t5-,7?/m0/s1. The van der Waals surface area contributed by atoms with Crippen molar-refractivity contribution in [3.05, 3.63) is 0 Å². The highest BCUT2D eigenvalue weighted by molar-refractivity contribution is 8.00. The summed E-state index contributed by atoms with van der Waals surface area (Å²) in [4.78, 5) is 55.5. The number of nitrogens with one attached hydrogen (secondary N) is 1. The Morgan fingerprint density at radius 3 is 2.18 bits per heavy atom. The van der Waals surface area contributed by atoms with Crippen LogP contribution in [0.2, 0.25) is 0 Å². The van der Waals surface area contributed by atoms with Crippen LogP contribution in [0.5, 0.6) is 0 Å². The Bertz CT molecular complexity index is 467. The zero-order chi connectivity index (χ0) is 17.3. The number of Topliss-reactive ketones (excluding diaryl/α,β-unsaturated/α-hetero) is 1. The second-order valence-electron chi connectivity index (χ2n) is 3.87. The van der Waals surface area contributed by atoms with Crippen LogP contribution in [0.25, 0.3) is 0 Å². The van der Waals surface area contributed by atoms with Crippen molar-refractivity contribution in [3.8, 4) is 0 Å². The van der Waals surface area contributed by atoms with Gasteiger partial charge in [0.05, 0.1) is 14.2 Å². The number of methoxy groups -OCH3 is 2. The van der Waals surface area contributed by atoms with Crippen LogP contribution in [0.3, 0.4) is 0 Å². The molecule has 0 aromatic carbocycles. The molecular formula is C11H16N2O8S. The average Bonchev–Trinajstić information content (AvgIpc) is 2.47. The number of ketones is 1. The maximum atomic E-state index is 11.5. The molecule has 0 aromatic rings. The number of esters is 1. The van der Waals surface area contributed by atoms with E-state index >= 15 is 0 Å². The topological polar surface area (TPSA) is 162 Å². The van der Waals surface area contributed by atoms with Crippen LogP contribution in [0, 0.1) is 0 Å². The van der Waals surface area contributed by atoms with Crippen molar-refractivity contribution in [2.24, 2.45) is 5.73 Å². The fraction of sp³-hybridized carbons (Fsp3) is 0.545. The molecule has 0 aliphatic heterocycles. The maximum absolute atomic E-state index is 11.5. The molecule has 0 rings (SSSR count). The van der Waals surface area contributed by atoms with E-state index in [0.717, 1.165) is 26.0 Å². The van der Waals surface area contributed by atoms with E-state index in [0.29, 0.717) is 0 Å². The molecule has 22 heavy (non-hydrogen) atoms. The Labute approximate surface area is 129 Å². The molecule has 0 aromatic heterocycles. The number of carboxylic acids is 1. The Balaban J connectivity index is 4.80. The highest BCUT2D eigenvalue weighted by atomic mass is 32.2. The minimum absolute atomic E-state index is 0.170. The lowest BCUT2D eigenvalue weighted by atomic mass is 10.2. The van der Waals surface area contributed by atoms with Crippen LogP contribution in [0.4, 0.5) is 4.79 Å². The summed E-state index contributed by atoms with van der Waals surface area (Å²) < 4.78 is 8.77. The number of thioether (sulfide) groups is 1. The zero-order valence-corrected chi connectivity index (χ0v) is 12.7. The smallest absolute Gasteiger partial charge is 0.407 e. The van der Waals surface area contributed by atoms with E-state index in [4.69, 9.17) is 10.8 Å². The van der Waals surface area contributed by atoms with Gasteiger partial charge in [-0.2, -0.15) is 0 Å². The third kappa shape index (κ3) is 6.92. The van der Waals surface area contributed by atoms with Crippen molar-refractivity contribution >= 4 is 41.5 Å². The summed E-state index contributed by atoms with van der Waals surface area (Å²) in [6.07, 6.45) is -1.52. The number of primary amides is 1. The number of alkyl carbamates (subject to hydrolysis) is 1. The molecule has 0 heterocycles. The van der Waals surface area contributed by atoms with Gasteiger partial charge in [0.2, 0.25) is 11.7 Å². The number of ether oxygens (including phenoxy) is 2. The van der Waals surface area contributed by atoms with Crippen molar-refractivity contribution in [2.45, 2.75) is 17.7 Å². The summed E-state index contributed by atoms with van der Waals surface area (Å²) >= 11 is 0.759. The first-order valence-electron chi connectivity index (χ1n) is 5.82. The molecule has 0 fully saturated rings. The molecular weight excluding hydrogens is 320 g/mol. The van der Waals surface area contributed by atoms with Gasteiger partial charge in [-0.05, 0) is 0 Å². The van der Waals surface area contributed by atoms with Crippen LogP contribution < -0.4 is 11.1 Å². The second kappa shape index (κ2) is 9.60. The first-order valence-corrected chi connectivity index (χ1v) is 6.87. The van der Waals surface area contributed by atoms with Crippen molar-refractivity contribution in [3.63, 3.8) is 0 Å². The van der Waals surface area contributed by atoms with Gasteiger partial charge in [-0.3, -0.25) is 14.4 Å². The molecule has 0 spiro atoms. The number of aliphatic carboxylic acids is 1. The number of carbonyl (C=O) groups excluding carboxylic acids is 4. The molecule has 0 saturated carbocycles. The molecule has 11 heteroatoms. The lowest BCUT2D eigenvalue weighted by molar-refractivity contribution is -0.150. The predicted octanol–water partition coefficient (Wildman–Crippen LogP) is -1.49. The first kappa shape index (κ1) is 19.7. The van der Waals surface area contributed by atoms with Crippen LogP contribution in [0.1, 0.15) is 6.42 Å². The minimum atomic E-state index is -1.69. The van der Waals surface area contributed by atoms with Crippen LogP contribution in [-0.4, -0.2) is 66.1 Å². The van der Waals surface area contributed by atoms with Gasteiger partial charge >= 0.3 is 18.0 Å². The Hall–Kier alpha value is -2.30. The molecule has 2 atom stereocenters. The highest BCUT2D eigenvalue weighted by Gasteiger charge is 2.29. The lowest BCUT2D eigenvalue weighted by Gasteiger charge is -2.17. The summed E-state index contributed by atoms with van der Waals surface area (Å²) in [5.41, 5.74) is 5.08. The van der Waals surface area contributed by atoms with E-state index < -0.39 is 47.4 Å². The maximum Gasteiger partial charge on any atom is 0.407 e. The van der Waals surface area contributed by atoms with Crippen molar-refractivity contribution < 1.29 is 38.6 Å². The monoisotopic (exact) mass is 336 g/mol. The predicted molar refractivity (Wildman–Crippen MR) is 74.0 cm³/mol. The highest BCUT2D eigenvalue weighted by Crippen LogP contribution is 2.18. The number of rotatable bonds is 9. The number of carboxylic acid groups (broad SMARTS) is 1. The normalized spacial score (nSPS) is 12.6. The summed E-state index contributed by atoms with van der Waals surface area (Å²) in [6.45, 7) is 0. The Kier molecular flexibility index (Phi) is 8.60. The van der Waals surface area contributed by atoms with Gasteiger partial charge in [0.1, 0.15) is 11.3 Å². The zero-order valence-electron chi connectivity index (χ0n) is 11.9. The molecule has 0 aliphatic carbocycles. The molecule has 0 aliphatic rings. The number of hydrogen-bond acceptors (Lipinski definition) is 8. The van der Waals surface area contributed by atoms with Crippen molar-refractivity contribution in [1.29, 1.82) is 0 Å². The van der Waals surface area contributed by atoms with E-state index in [1.54, 1.807) is 0 Å². The summed E-state index contributed by atoms with van der Waals surface area (Å²) in [5, 5.41) is 9.54. The summed E-state index contributed by atoms with van der Waals surface area (Å²) in [6, 6.07) is -1.16. The number of carbonyl (C=O) groups is 5. The fourth-order valence-electron chi connectivity index (χ4n) is 1.21. The Morgan fingerprint density at radius 2 is 1.77 bits per heavy atom. The van der Waals surface area contributed by atoms with Crippen molar-refractivity contribution in [2.75, 3.05) is 20.0 Å². The minimum Gasteiger partial charge on any atom is -0.476 e. The van der Waals surface area contributed by atoms with Gasteiger partial charge in [-0.25, -0.2) is 9.59 Å². The van der Waals surface area contributed by atoms with Crippen molar-refractivity contribution in [1.82, 2.24) is 5.32 Å². The van der Waals surface area contributed by atoms with Gasteiger partial charge in [-0.15, -0.1) is 11.8 Å². The summed E-state index contributed by atoms with van der Waals surface area (Å²) in [7, 11) is 2.16. The molecule has 1 unspecified atom stereocenters. The number of hydrogen-bond donors (Lipinski definition) is 3. The molecule has 2 amide bonds. The summed E-state index contributed by atoms with van der Waals surface area (Å²) in [5.74, 6) is -4.75. The lowest BCUT2D eigenvalue weighted by Crippen LogP contribution is -2.46. The molecule has 0 saturated heterocycles. The van der Waals surface area contributed by atoms with Crippen LogP contribution in [0.15, 0.2) is 0 Å². The van der Waals surface area contributed by atoms with Crippen LogP contribution >= 0.6 is 11.8 Å². The third-order valence-electron chi connectivity index (χ3n) is 2.36. The molecule has 124 valence electrons. The Morgan fingerprint density at radius 1 is 1.18 bits per heavy atom. The third-order valence-corrected chi connectivity index (χ3v) is 3.65. The average molecular weight is 336 g/mol. The quantitative estimate of drug-likeness (QED) is 0.336. The SMILES string of the molecule is COC(=O)N[C@@H](CSC(CC(=O)C(=O)O)C(=O)OC)C(N)=O. The van der Waals surface area contributed by atoms with Gasteiger partial charge in [0.15, 0.2) is 0 Å². The van der Waals surface area contributed by atoms with E-state index in [9.17, 15) is 24.0 Å². The largest absolute Gasteiger partial charge is 0.476 e. The van der Waals surface area contributed by atoms with E-state index in [-0.39, 0.29) is 5.75 Å². The van der Waals surface area contributed by atoms with Crippen LogP contribution in [-0.2, 0) is 28.7 Å². The van der Waals surface area contributed by atoms with Gasteiger partial charge < -0.3 is 25.6 Å². The van der Waals surface area contributed by atoms with Gasteiger partial charge in [0.25, 0.3) is 0 Å². The van der Waals surface area contributed by atoms with E-state index in [1.165, 1.54) is 0 Å². The van der Waals surface area contributed by atoms with Gasteiger partial charge in [0, 0.05) is 12.2 Å². The number of amides is 2.